The third kappa shape index (κ3) is 2.24. The second-order valence-corrected chi connectivity index (χ2v) is 5.10. The number of aromatic nitrogens is 1. The van der Waals surface area contributed by atoms with Crippen molar-refractivity contribution in [2.75, 3.05) is 5.73 Å². The monoisotopic (exact) mass is 252 g/mol. The molecule has 17 heavy (non-hydrogen) atoms. The first kappa shape index (κ1) is 11.9. The molecule has 0 fully saturated rings. The van der Waals surface area contributed by atoms with E-state index < -0.39 is 0 Å². The number of aryl methyl sites for hydroxylation is 1. The van der Waals surface area contributed by atoms with E-state index in [4.69, 9.17) is 5.73 Å². The molecule has 1 heterocycles. The minimum absolute atomic E-state index is 0.0383. The predicted molar refractivity (Wildman–Crippen MR) is 68.0 cm³/mol. The van der Waals surface area contributed by atoms with Crippen molar-refractivity contribution >= 4 is 17.0 Å². The highest BCUT2D eigenvalue weighted by Gasteiger charge is 2.10. The summed E-state index contributed by atoms with van der Waals surface area (Å²) in [6.45, 7) is 4.09. The van der Waals surface area contributed by atoms with Crippen LogP contribution in [0.2, 0.25) is 0 Å². The van der Waals surface area contributed by atoms with E-state index in [0.29, 0.717) is 17.8 Å². The molecule has 1 aromatic carbocycles. The van der Waals surface area contributed by atoms with E-state index in [1.807, 2.05) is 13.8 Å². The Morgan fingerprint density at radius 3 is 2.71 bits per heavy atom. The molecule has 0 saturated carbocycles. The van der Waals surface area contributed by atoms with E-state index in [0.717, 1.165) is 10.6 Å². The van der Waals surface area contributed by atoms with Gasteiger partial charge in [0.05, 0.1) is 6.54 Å². The van der Waals surface area contributed by atoms with Gasteiger partial charge in [0, 0.05) is 16.3 Å². The number of thiazole rings is 1. The van der Waals surface area contributed by atoms with E-state index in [1.165, 1.54) is 29.5 Å². The molecular weight excluding hydrogens is 239 g/mol. The van der Waals surface area contributed by atoms with Crippen LogP contribution >= 0.6 is 11.3 Å². The van der Waals surface area contributed by atoms with Gasteiger partial charge in [0.1, 0.15) is 5.82 Å². The first-order valence-corrected chi connectivity index (χ1v) is 6.01. The number of nitrogen functional groups attached to an aromatic ring is 1. The molecule has 0 aliphatic heterocycles. The molecule has 5 heteroatoms. The third-order valence-electron chi connectivity index (χ3n) is 2.81. The maximum atomic E-state index is 13.1. The van der Waals surface area contributed by atoms with Crippen molar-refractivity contribution in [3.63, 3.8) is 0 Å². The molecule has 3 nitrogen and oxygen atoms in total. The van der Waals surface area contributed by atoms with Crippen LogP contribution in [0.25, 0.3) is 0 Å². The van der Waals surface area contributed by atoms with E-state index in [2.05, 4.69) is 0 Å². The van der Waals surface area contributed by atoms with Crippen LogP contribution in [-0.2, 0) is 6.54 Å². The summed E-state index contributed by atoms with van der Waals surface area (Å²) in [6, 6.07) is 4.20. The zero-order chi connectivity index (χ0) is 12.6. The average molecular weight is 252 g/mol. The molecule has 0 aliphatic rings. The molecule has 0 saturated heterocycles. The lowest BCUT2D eigenvalue weighted by molar-refractivity contribution is 0.623. The van der Waals surface area contributed by atoms with E-state index in [-0.39, 0.29) is 10.7 Å². The summed E-state index contributed by atoms with van der Waals surface area (Å²) in [7, 11) is 0. The summed E-state index contributed by atoms with van der Waals surface area (Å²) in [5, 5.41) is 0. The standard InChI is InChI=1S/C12H13FN2OS/c1-7-8(2)17-12(16)15(7)6-9-5-10(13)3-4-11(9)14/h3-5H,6,14H2,1-2H3. The Balaban J connectivity index is 2.44. The molecule has 0 bridgehead atoms. The van der Waals surface area contributed by atoms with Crippen molar-refractivity contribution in [1.82, 2.24) is 4.57 Å². The number of nitrogens with two attached hydrogens (primary N) is 1. The van der Waals surface area contributed by atoms with Crippen LogP contribution in [0.1, 0.15) is 16.1 Å². The molecule has 2 aromatic rings. The van der Waals surface area contributed by atoms with Crippen molar-refractivity contribution < 1.29 is 4.39 Å². The van der Waals surface area contributed by atoms with Crippen LogP contribution in [0.5, 0.6) is 0 Å². The van der Waals surface area contributed by atoms with Gasteiger partial charge in [-0.1, -0.05) is 11.3 Å². The van der Waals surface area contributed by atoms with Crippen LogP contribution in [0.4, 0.5) is 10.1 Å². The normalized spacial score (nSPS) is 10.8. The summed E-state index contributed by atoms with van der Waals surface area (Å²) < 4.78 is 14.7. The van der Waals surface area contributed by atoms with Crippen molar-refractivity contribution in [2.24, 2.45) is 0 Å². The van der Waals surface area contributed by atoms with Crippen molar-refractivity contribution in [2.45, 2.75) is 20.4 Å². The zero-order valence-electron chi connectivity index (χ0n) is 9.66. The largest absolute Gasteiger partial charge is 0.398 e. The van der Waals surface area contributed by atoms with Gasteiger partial charge in [-0.25, -0.2) is 4.39 Å². The predicted octanol–water partition coefficient (Wildman–Crippen LogP) is 2.30. The van der Waals surface area contributed by atoms with Gasteiger partial charge in [0.15, 0.2) is 0 Å². The summed E-state index contributed by atoms with van der Waals surface area (Å²) in [6.07, 6.45) is 0. The molecule has 0 amide bonds. The quantitative estimate of drug-likeness (QED) is 0.834. The Labute approximate surface area is 102 Å². The van der Waals surface area contributed by atoms with Crippen LogP contribution in [0.15, 0.2) is 23.0 Å². The van der Waals surface area contributed by atoms with Crippen LogP contribution in [0, 0.1) is 19.7 Å². The highest BCUT2D eigenvalue weighted by Crippen LogP contribution is 2.17. The van der Waals surface area contributed by atoms with Gasteiger partial charge in [-0.05, 0) is 37.6 Å². The lowest BCUT2D eigenvalue weighted by Gasteiger charge is -2.08. The molecule has 0 radical (unpaired) electrons. The SMILES string of the molecule is Cc1sc(=O)n(Cc2cc(F)ccc2N)c1C. The molecule has 2 N–H and O–H groups in total. The molecule has 0 unspecified atom stereocenters. The fraction of sp³-hybridized carbons (Fsp3) is 0.250. The lowest BCUT2D eigenvalue weighted by Crippen LogP contribution is -2.16. The molecule has 1 aromatic heterocycles. The van der Waals surface area contributed by atoms with Gasteiger partial charge < -0.3 is 5.73 Å². The van der Waals surface area contributed by atoms with Gasteiger partial charge in [-0.2, -0.15) is 0 Å². The fourth-order valence-corrected chi connectivity index (χ4v) is 2.48. The van der Waals surface area contributed by atoms with Gasteiger partial charge >= 0.3 is 4.87 Å². The Morgan fingerprint density at radius 2 is 2.12 bits per heavy atom. The number of anilines is 1. The Morgan fingerprint density at radius 1 is 1.41 bits per heavy atom. The number of hydrogen-bond donors (Lipinski definition) is 1. The number of rotatable bonds is 2. The van der Waals surface area contributed by atoms with Crippen molar-refractivity contribution in [1.29, 1.82) is 0 Å². The van der Waals surface area contributed by atoms with E-state index in [9.17, 15) is 9.18 Å². The second kappa shape index (κ2) is 4.33. The first-order valence-electron chi connectivity index (χ1n) is 5.20. The molecular formula is C12H13FN2OS. The number of nitrogens with zero attached hydrogens (tertiary/aromatic N) is 1. The minimum atomic E-state index is -0.341. The van der Waals surface area contributed by atoms with E-state index in [1.54, 1.807) is 4.57 Å². The summed E-state index contributed by atoms with van der Waals surface area (Å²) in [5.41, 5.74) is 7.81. The average Bonchev–Trinajstić information content (AvgIpc) is 2.50. The van der Waals surface area contributed by atoms with Gasteiger partial charge in [-0.15, -0.1) is 0 Å². The molecule has 90 valence electrons. The zero-order valence-corrected chi connectivity index (χ0v) is 10.5. The highest BCUT2D eigenvalue weighted by atomic mass is 32.1. The topological polar surface area (TPSA) is 48.0 Å². The van der Waals surface area contributed by atoms with E-state index >= 15 is 0 Å². The lowest BCUT2D eigenvalue weighted by atomic mass is 10.1. The highest BCUT2D eigenvalue weighted by molar-refractivity contribution is 7.09. The maximum Gasteiger partial charge on any atom is 0.307 e. The van der Waals surface area contributed by atoms with Gasteiger partial charge in [-0.3, -0.25) is 9.36 Å². The molecule has 0 atom stereocenters. The fourth-order valence-electron chi connectivity index (χ4n) is 1.65. The minimum Gasteiger partial charge on any atom is -0.398 e. The van der Waals surface area contributed by atoms with Crippen molar-refractivity contribution in [3.8, 4) is 0 Å². The Kier molecular flexibility index (Phi) is 3.02. The van der Waals surface area contributed by atoms with Gasteiger partial charge in [0.25, 0.3) is 0 Å². The first-order chi connectivity index (χ1) is 7.99. The molecule has 2 rings (SSSR count). The number of halogens is 1. The third-order valence-corrected chi connectivity index (χ3v) is 3.81. The maximum absolute atomic E-state index is 13.1. The van der Waals surface area contributed by atoms with Crippen LogP contribution in [0.3, 0.4) is 0 Å². The van der Waals surface area contributed by atoms with Crippen LogP contribution < -0.4 is 10.6 Å². The summed E-state index contributed by atoms with van der Waals surface area (Å²) in [4.78, 5) is 12.6. The second-order valence-electron chi connectivity index (χ2n) is 3.94. The number of benzene rings is 1. The summed E-state index contributed by atoms with van der Waals surface area (Å²) in [5.74, 6) is -0.341. The summed E-state index contributed by atoms with van der Waals surface area (Å²) >= 11 is 1.20. The smallest absolute Gasteiger partial charge is 0.307 e. The molecule has 0 aliphatic carbocycles. The Hall–Kier alpha value is -1.62. The Bertz CT molecular complexity index is 615. The molecule has 0 spiro atoms. The van der Waals surface area contributed by atoms with Crippen molar-refractivity contribution in [3.05, 3.63) is 49.8 Å². The van der Waals surface area contributed by atoms with Crippen LogP contribution in [-0.4, -0.2) is 4.57 Å². The van der Waals surface area contributed by atoms with Gasteiger partial charge in [0.2, 0.25) is 0 Å². The number of hydrogen-bond acceptors (Lipinski definition) is 3.